The van der Waals surface area contributed by atoms with Crippen LogP contribution in [0.5, 0.6) is 0 Å². The van der Waals surface area contributed by atoms with E-state index in [9.17, 15) is 9.18 Å². The lowest BCUT2D eigenvalue weighted by Crippen LogP contribution is -2.36. The van der Waals surface area contributed by atoms with E-state index in [-0.39, 0.29) is 17.8 Å². The van der Waals surface area contributed by atoms with Crippen molar-refractivity contribution in [2.24, 2.45) is 10.8 Å². The summed E-state index contributed by atoms with van der Waals surface area (Å²) < 4.78 is 12.9. The van der Waals surface area contributed by atoms with Gasteiger partial charge in [0.2, 0.25) is 0 Å². The number of para-hydroxylation sites is 1. The van der Waals surface area contributed by atoms with Crippen LogP contribution in [0.3, 0.4) is 0 Å². The van der Waals surface area contributed by atoms with Crippen molar-refractivity contribution in [2.45, 2.75) is 19.4 Å². The number of nitrogens with zero attached hydrogens (tertiary/aromatic N) is 3. The Labute approximate surface area is 182 Å². The minimum absolute atomic E-state index is 0.0392. The zero-order chi connectivity index (χ0) is 22.5. The third kappa shape index (κ3) is 7.80. The van der Waals surface area contributed by atoms with E-state index in [1.165, 1.54) is 12.3 Å². The van der Waals surface area contributed by atoms with Crippen molar-refractivity contribution in [3.05, 3.63) is 66.3 Å². The van der Waals surface area contributed by atoms with Crippen molar-refractivity contribution in [2.75, 3.05) is 37.4 Å². The summed E-state index contributed by atoms with van der Waals surface area (Å²) >= 11 is 0. The minimum atomic E-state index is -0.380. The average Bonchev–Trinajstić information content (AvgIpc) is 2.79. The van der Waals surface area contributed by atoms with Crippen molar-refractivity contribution in [3.63, 3.8) is 0 Å². The summed E-state index contributed by atoms with van der Waals surface area (Å²) in [4.78, 5) is 18.8. The summed E-state index contributed by atoms with van der Waals surface area (Å²) in [7, 11) is 1.86. The first-order chi connectivity index (χ1) is 15.1. The molecule has 2 rings (SSSR count). The number of pyridine rings is 1. The summed E-state index contributed by atoms with van der Waals surface area (Å²) in [6, 6.07) is 10.2. The van der Waals surface area contributed by atoms with E-state index in [2.05, 4.69) is 26.1 Å². The fraction of sp³-hybridized carbons (Fsp3) is 0.318. The van der Waals surface area contributed by atoms with Crippen LogP contribution in [0.1, 0.15) is 23.7 Å². The molecule has 1 aromatic carbocycles. The number of nitrogens with two attached hydrogens (primary N) is 1. The standard InChI is InChI=1S/C22H30FN7O/c1-3-30(22(31)19-6-4-5-7-20(19)29-28-14-12-24)15-11-18(25-2)10-13-26-21-9-8-17(23)16-27-21/h4-10,13-14,16,18,25,29H,3,11-12,15,24H2,1-2H3,(H,26,27)/b13-10-,28-14-. The molecule has 0 saturated carbocycles. The average molecular weight is 428 g/mol. The number of amides is 1. The number of hydrogen-bond acceptors (Lipinski definition) is 7. The molecule has 0 spiro atoms. The van der Waals surface area contributed by atoms with E-state index in [0.717, 1.165) is 6.20 Å². The first-order valence-corrected chi connectivity index (χ1v) is 10.2. The summed E-state index contributed by atoms with van der Waals surface area (Å²) in [5, 5.41) is 10.2. The molecule has 8 nitrogen and oxygen atoms in total. The van der Waals surface area contributed by atoms with Gasteiger partial charge in [0.25, 0.3) is 5.91 Å². The zero-order valence-electron chi connectivity index (χ0n) is 17.9. The van der Waals surface area contributed by atoms with Gasteiger partial charge in [-0.1, -0.05) is 18.2 Å². The smallest absolute Gasteiger partial charge is 0.256 e. The molecule has 1 atom stereocenters. The van der Waals surface area contributed by atoms with Crippen LogP contribution in [0.2, 0.25) is 0 Å². The fourth-order valence-electron chi connectivity index (χ4n) is 2.85. The molecule has 2 aromatic rings. The molecule has 31 heavy (non-hydrogen) atoms. The highest BCUT2D eigenvalue weighted by molar-refractivity contribution is 5.99. The maximum absolute atomic E-state index is 13.1. The van der Waals surface area contributed by atoms with Gasteiger partial charge in [0, 0.05) is 31.9 Å². The largest absolute Gasteiger partial charge is 0.347 e. The highest BCUT2D eigenvalue weighted by atomic mass is 19.1. The molecule has 1 unspecified atom stereocenters. The van der Waals surface area contributed by atoms with Crippen LogP contribution in [-0.2, 0) is 0 Å². The quantitative estimate of drug-likeness (QED) is 0.306. The van der Waals surface area contributed by atoms with Crippen LogP contribution in [0.4, 0.5) is 15.9 Å². The molecule has 0 aliphatic rings. The number of benzene rings is 1. The Bertz CT molecular complexity index is 870. The first kappa shape index (κ1) is 24.0. The third-order valence-corrected chi connectivity index (χ3v) is 4.58. The van der Waals surface area contributed by atoms with Crippen molar-refractivity contribution in [3.8, 4) is 0 Å². The number of nitrogens with one attached hydrogen (secondary N) is 3. The Morgan fingerprint density at radius 2 is 2.13 bits per heavy atom. The van der Waals surface area contributed by atoms with Crippen LogP contribution in [-0.4, -0.2) is 54.7 Å². The van der Waals surface area contributed by atoms with Gasteiger partial charge in [0.1, 0.15) is 11.6 Å². The Kier molecular flexibility index (Phi) is 10.1. The maximum atomic E-state index is 13.1. The summed E-state index contributed by atoms with van der Waals surface area (Å²) in [5.41, 5.74) is 9.48. The Hall–Kier alpha value is -3.30. The Morgan fingerprint density at radius 1 is 1.32 bits per heavy atom. The van der Waals surface area contributed by atoms with E-state index < -0.39 is 0 Å². The number of aromatic nitrogens is 1. The molecular weight excluding hydrogens is 397 g/mol. The molecule has 1 amide bonds. The second kappa shape index (κ2) is 13.1. The van der Waals surface area contributed by atoms with E-state index in [0.29, 0.717) is 43.1 Å². The number of likely N-dealkylation sites (N-methyl/N-ethyl adjacent to an activating group) is 1. The molecule has 5 N–H and O–H groups in total. The van der Waals surface area contributed by atoms with Crippen molar-refractivity contribution < 1.29 is 9.18 Å². The van der Waals surface area contributed by atoms with Gasteiger partial charge in [0.05, 0.1) is 17.4 Å². The predicted molar refractivity (Wildman–Crippen MR) is 124 cm³/mol. The second-order valence-corrected chi connectivity index (χ2v) is 6.64. The van der Waals surface area contributed by atoms with Gasteiger partial charge in [-0.05, 0) is 50.9 Å². The van der Waals surface area contributed by atoms with Gasteiger partial charge in [-0.3, -0.25) is 10.2 Å². The summed E-state index contributed by atoms with van der Waals surface area (Å²) in [5.74, 6) is 0.107. The van der Waals surface area contributed by atoms with Crippen LogP contribution in [0.15, 0.2) is 60.0 Å². The fourth-order valence-corrected chi connectivity index (χ4v) is 2.85. The number of carbonyl (C=O) groups excluding carboxylic acids is 1. The normalized spacial score (nSPS) is 12.3. The highest BCUT2D eigenvalue weighted by Gasteiger charge is 2.18. The molecular formula is C22H30FN7O. The highest BCUT2D eigenvalue weighted by Crippen LogP contribution is 2.18. The molecule has 166 valence electrons. The number of hydrogen-bond donors (Lipinski definition) is 4. The van der Waals surface area contributed by atoms with Crippen molar-refractivity contribution in [1.82, 2.24) is 15.2 Å². The molecule has 0 aliphatic heterocycles. The monoisotopic (exact) mass is 427 g/mol. The number of carbonyl (C=O) groups is 1. The van der Waals surface area contributed by atoms with E-state index in [1.54, 1.807) is 23.2 Å². The SMILES string of the molecule is CCN(CCC(/C=C\Nc1ccc(F)cn1)NC)C(=O)c1ccccc1N/N=C\CN. The first-order valence-electron chi connectivity index (χ1n) is 10.2. The van der Waals surface area contributed by atoms with Crippen LogP contribution >= 0.6 is 0 Å². The molecule has 0 saturated heterocycles. The van der Waals surface area contributed by atoms with E-state index >= 15 is 0 Å². The van der Waals surface area contributed by atoms with E-state index in [1.807, 2.05) is 38.2 Å². The Balaban J connectivity index is 1.96. The topological polar surface area (TPSA) is 108 Å². The third-order valence-electron chi connectivity index (χ3n) is 4.58. The van der Waals surface area contributed by atoms with Gasteiger partial charge in [0.15, 0.2) is 0 Å². The Morgan fingerprint density at radius 3 is 2.81 bits per heavy atom. The van der Waals surface area contributed by atoms with Gasteiger partial charge >= 0.3 is 0 Å². The lowest BCUT2D eigenvalue weighted by atomic mass is 10.1. The maximum Gasteiger partial charge on any atom is 0.256 e. The van der Waals surface area contributed by atoms with Crippen molar-refractivity contribution >= 4 is 23.6 Å². The lowest BCUT2D eigenvalue weighted by Gasteiger charge is -2.24. The van der Waals surface area contributed by atoms with Gasteiger partial charge in [-0.2, -0.15) is 5.10 Å². The molecule has 1 heterocycles. The second-order valence-electron chi connectivity index (χ2n) is 6.64. The zero-order valence-corrected chi connectivity index (χ0v) is 17.9. The van der Waals surface area contributed by atoms with Crippen LogP contribution in [0.25, 0.3) is 0 Å². The number of halogens is 1. The predicted octanol–water partition coefficient (Wildman–Crippen LogP) is 2.64. The van der Waals surface area contributed by atoms with E-state index in [4.69, 9.17) is 5.73 Å². The molecule has 0 fully saturated rings. The minimum Gasteiger partial charge on any atom is -0.347 e. The number of hydrazone groups is 1. The summed E-state index contributed by atoms with van der Waals surface area (Å²) in [6.45, 7) is 3.42. The van der Waals surface area contributed by atoms with Gasteiger partial charge < -0.3 is 21.3 Å². The van der Waals surface area contributed by atoms with Crippen LogP contribution < -0.4 is 21.8 Å². The molecule has 9 heteroatoms. The number of anilines is 2. The molecule has 0 bridgehead atoms. The summed E-state index contributed by atoms with van der Waals surface area (Å²) in [6.07, 6.45) is 7.11. The lowest BCUT2D eigenvalue weighted by molar-refractivity contribution is 0.0761. The number of rotatable bonds is 12. The van der Waals surface area contributed by atoms with Crippen molar-refractivity contribution in [1.29, 1.82) is 0 Å². The van der Waals surface area contributed by atoms with Gasteiger partial charge in [-0.25, -0.2) is 9.37 Å². The molecule has 1 aromatic heterocycles. The van der Waals surface area contributed by atoms with Crippen LogP contribution in [0, 0.1) is 5.82 Å². The molecule has 0 radical (unpaired) electrons. The molecule has 0 aliphatic carbocycles. The van der Waals surface area contributed by atoms with Gasteiger partial charge in [-0.15, -0.1) is 0 Å².